The first kappa shape index (κ1) is 17.3. The monoisotopic (exact) mass is 371 g/mol. The van der Waals surface area contributed by atoms with Crippen molar-refractivity contribution < 1.29 is 9.07 Å². The van der Waals surface area contributed by atoms with E-state index in [4.69, 9.17) is 10.7 Å². The predicted octanol–water partition coefficient (Wildman–Crippen LogP) is 2.75. The van der Waals surface area contributed by atoms with Crippen molar-refractivity contribution in [2.24, 2.45) is 0 Å². The Balaban J connectivity index is 0.00000150. The lowest BCUT2D eigenvalue weighted by molar-refractivity contribution is -0.119. The number of nitrogens with zero attached hydrogens (tertiary/aromatic N) is 4. The van der Waals surface area contributed by atoms with E-state index in [1.165, 1.54) is 0 Å². The van der Waals surface area contributed by atoms with Gasteiger partial charge in [-0.2, -0.15) is 0 Å². The van der Waals surface area contributed by atoms with E-state index in [0.29, 0.717) is 17.3 Å². The third-order valence-electron chi connectivity index (χ3n) is 4.88. The van der Waals surface area contributed by atoms with Gasteiger partial charge in [-0.05, 0) is 37.5 Å². The highest BCUT2D eigenvalue weighted by Gasteiger charge is 2.22. The maximum Gasteiger partial charge on any atom is 0.217 e. The Labute approximate surface area is 161 Å². The van der Waals surface area contributed by atoms with Gasteiger partial charge >= 0.3 is 0 Å². The number of aromatic amines is 1. The molecule has 0 bridgehead atoms. The van der Waals surface area contributed by atoms with E-state index in [1.54, 1.807) is 13.1 Å². The first-order chi connectivity index (χ1) is 13.0. The molecule has 3 heterocycles. The fourth-order valence-corrected chi connectivity index (χ4v) is 3.49. The second kappa shape index (κ2) is 6.86. The molecule has 1 aliphatic rings. The van der Waals surface area contributed by atoms with Gasteiger partial charge in [0.2, 0.25) is 5.91 Å². The first-order valence-electron chi connectivity index (χ1n) is 9.11. The Bertz CT molecular complexity index is 1000. The van der Waals surface area contributed by atoms with Gasteiger partial charge in [-0.15, -0.1) is 0 Å². The van der Waals surface area contributed by atoms with Crippen LogP contribution >= 0.6 is 0 Å². The van der Waals surface area contributed by atoms with Crippen molar-refractivity contribution in [3.05, 3.63) is 30.0 Å². The van der Waals surface area contributed by atoms with Gasteiger partial charge in [-0.3, -0.25) is 4.79 Å². The minimum absolute atomic E-state index is 0. The third kappa shape index (κ3) is 3.55. The number of H-pyrrole nitrogens is 1. The average Bonchev–Trinajstić information content (AvgIpc) is 3.05. The number of hydrogen-bond donors (Lipinski definition) is 3. The molecule has 0 radical (unpaired) electrons. The molecule has 1 amide bonds. The smallest absolute Gasteiger partial charge is 0.217 e. The summed E-state index contributed by atoms with van der Waals surface area (Å²) in [6.45, 7) is 5.21. The Morgan fingerprint density at radius 2 is 2.11 bits per heavy atom. The molecule has 0 saturated carbocycles. The molecule has 0 unspecified atom stereocenters. The maximum atomic E-state index is 11.2. The number of imidazole rings is 1. The van der Waals surface area contributed by atoms with Crippen LogP contribution in [0.15, 0.2) is 24.4 Å². The summed E-state index contributed by atoms with van der Waals surface area (Å²) >= 11 is 0. The Hall–Kier alpha value is -3.16. The quantitative estimate of drug-likeness (QED) is 0.652. The van der Waals surface area contributed by atoms with Crippen LogP contribution in [0.3, 0.4) is 0 Å². The molecule has 1 aliphatic heterocycles. The highest BCUT2D eigenvalue weighted by atomic mass is 16.1. The van der Waals surface area contributed by atoms with Gasteiger partial charge in [0.1, 0.15) is 5.82 Å². The van der Waals surface area contributed by atoms with Crippen LogP contribution in [0.5, 0.6) is 0 Å². The van der Waals surface area contributed by atoms with Crippen molar-refractivity contribution in [1.82, 2.24) is 25.3 Å². The van der Waals surface area contributed by atoms with Crippen LogP contribution in [0.2, 0.25) is 0 Å². The summed E-state index contributed by atoms with van der Waals surface area (Å²) in [6.07, 6.45) is 3.46. The second-order valence-corrected chi connectivity index (χ2v) is 7.03. The number of fused-ring (bicyclic) bond motifs is 1. The van der Waals surface area contributed by atoms with E-state index >= 15 is 0 Å². The predicted molar refractivity (Wildman–Crippen MR) is 112 cm³/mol. The number of carbonyl (C=O) groups excluding carboxylic acids is 1. The fraction of sp³-hybridized carbons (Fsp3) is 0.368. The zero-order chi connectivity index (χ0) is 19.0. The number of hydrogen-bond acceptors (Lipinski definition) is 6. The summed E-state index contributed by atoms with van der Waals surface area (Å²) in [5.41, 5.74) is 9.63. The lowest BCUT2D eigenvalue weighted by Gasteiger charge is -2.32. The van der Waals surface area contributed by atoms with Crippen LogP contribution in [0, 0.1) is 6.92 Å². The summed E-state index contributed by atoms with van der Waals surface area (Å²) in [4.78, 5) is 30.4. The molecule has 4 N–H and O–H groups in total. The van der Waals surface area contributed by atoms with E-state index in [2.05, 4.69) is 25.2 Å². The van der Waals surface area contributed by atoms with E-state index in [-0.39, 0.29) is 16.2 Å². The molecular formula is C19H29N7O. The van der Waals surface area contributed by atoms with Gasteiger partial charge in [0.05, 0.1) is 17.2 Å². The number of nitrogens with two attached hydrogens (primary N) is 1. The molecule has 8 heteroatoms. The third-order valence-corrected chi connectivity index (χ3v) is 4.88. The SMILES string of the molecule is CC(=O)NC1CCN(c2cnc(N)c(-c3nc4ccc(C)cc4[nH]3)n2)CC1.[HH].[HH].[HH]. The molecule has 1 fully saturated rings. The molecule has 8 nitrogen and oxygen atoms in total. The number of nitrogens with one attached hydrogen (secondary N) is 2. The summed E-state index contributed by atoms with van der Waals surface area (Å²) in [5, 5.41) is 2.98. The number of benzene rings is 1. The molecule has 3 aromatic rings. The van der Waals surface area contributed by atoms with Crippen LogP contribution in [0.25, 0.3) is 22.6 Å². The van der Waals surface area contributed by atoms with E-state index in [1.807, 2.05) is 25.1 Å². The minimum Gasteiger partial charge on any atom is -0.382 e. The number of amides is 1. The highest BCUT2D eigenvalue weighted by Crippen LogP contribution is 2.26. The summed E-state index contributed by atoms with van der Waals surface area (Å²) in [7, 11) is 0. The first-order valence-corrected chi connectivity index (χ1v) is 9.11. The molecule has 4 rings (SSSR count). The number of rotatable bonds is 3. The Morgan fingerprint density at radius 3 is 2.85 bits per heavy atom. The Morgan fingerprint density at radius 1 is 1.33 bits per heavy atom. The zero-order valence-corrected chi connectivity index (χ0v) is 15.5. The molecule has 1 saturated heterocycles. The molecule has 1 aromatic carbocycles. The van der Waals surface area contributed by atoms with Crippen LogP contribution in [0.1, 0.15) is 29.6 Å². The average molecular weight is 371 g/mol. The lowest BCUT2D eigenvalue weighted by atomic mass is 10.1. The van der Waals surface area contributed by atoms with Gasteiger partial charge in [-0.1, -0.05) is 6.07 Å². The standard InChI is InChI=1S/C19H23N7O.3H2/c1-11-3-4-14-15(9-11)24-19(23-14)17-18(20)21-10-16(25-17)26-7-5-13(6-8-26)22-12(2)27;;;/h3-4,9-10,13H,5-8H2,1-2H3,(H2,20,21)(H,22,27)(H,23,24);3*1H. The maximum absolute atomic E-state index is 11.2. The van der Waals surface area contributed by atoms with Gasteiger partial charge in [0.25, 0.3) is 0 Å². The number of anilines is 2. The van der Waals surface area contributed by atoms with Crippen molar-refractivity contribution in [2.75, 3.05) is 23.7 Å². The lowest BCUT2D eigenvalue weighted by Crippen LogP contribution is -2.44. The van der Waals surface area contributed by atoms with Crippen molar-refractivity contribution in [3.8, 4) is 11.5 Å². The number of aromatic nitrogens is 4. The van der Waals surface area contributed by atoms with Crippen molar-refractivity contribution >= 4 is 28.6 Å². The van der Waals surface area contributed by atoms with Gasteiger partial charge in [0, 0.05) is 30.3 Å². The second-order valence-electron chi connectivity index (χ2n) is 7.03. The van der Waals surface area contributed by atoms with Crippen LogP contribution in [0.4, 0.5) is 11.6 Å². The van der Waals surface area contributed by atoms with Crippen LogP contribution < -0.4 is 16.0 Å². The van der Waals surface area contributed by atoms with Gasteiger partial charge in [-0.25, -0.2) is 15.0 Å². The molecule has 27 heavy (non-hydrogen) atoms. The molecule has 0 spiro atoms. The van der Waals surface area contributed by atoms with Crippen LogP contribution in [-0.2, 0) is 4.79 Å². The molecule has 146 valence electrons. The molecular weight excluding hydrogens is 342 g/mol. The summed E-state index contributed by atoms with van der Waals surface area (Å²) < 4.78 is 0. The van der Waals surface area contributed by atoms with Crippen LogP contribution in [-0.4, -0.2) is 45.0 Å². The van der Waals surface area contributed by atoms with Crippen molar-refractivity contribution in [1.29, 1.82) is 0 Å². The topological polar surface area (TPSA) is 113 Å². The summed E-state index contributed by atoms with van der Waals surface area (Å²) in [5.74, 6) is 1.76. The van der Waals surface area contributed by atoms with Crippen molar-refractivity contribution in [3.63, 3.8) is 0 Å². The van der Waals surface area contributed by atoms with Crippen molar-refractivity contribution in [2.45, 2.75) is 32.7 Å². The largest absolute Gasteiger partial charge is 0.382 e. The van der Waals surface area contributed by atoms with Gasteiger partial charge in [0.15, 0.2) is 17.3 Å². The molecule has 0 aliphatic carbocycles. The van der Waals surface area contributed by atoms with E-state index in [9.17, 15) is 4.79 Å². The molecule has 0 atom stereocenters. The van der Waals surface area contributed by atoms with Gasteiger partial charge < -0.3 is 20.9 Å². The minimum atomic E-state index is 0. The normalized spacial score (nSPS) is 15.3. The highest BCUT2D eigenvalue weighted by molar-refractivity contribution is 5.81. The summed E-state index contributed by atoms with van der Waals surface area (Å²) in [6, 6.07) is 6.27. The van der Waals surface area contributed by atoms with E-state index in [0.717, 1.165) is 48.3 Å². The van der Waals surface area contributed by atoms with E-state index < -0.39 is 0 Å². The number of carbonyl (C=O) groups is 1. The fourth-order valence-electron chi connectivity index (χ4n) is 3.49. The number of piperidine rings is 1. The number of nitrogen functional groups attached to an aromatic ring is 1. The zero-order valence-electron chi connectivity index (χ0n) is 15.5. The Kier molecular flexibility index (Phi) is 4.39. The molecule has 2 aromatic heterocycles. The number of aryl methyl sites for hydroxylation is 1.